The fourth-order valence-electron chi connectivity index (χ4n) is 2.18. The lowest BCUT2D eigenvalue weighted by atomic mass is 10.1. The number of fused-ring (bicyclic) bond motifs is 1. The van der Waals surface area contributed by atoms with E-state index in [2.05, 4.69) is 10.1 Å². The Morgan fingerprint density at radius 3 is 2.17 bits per heavy atom. The number of alkyl halides is 6. The van der Waals surface area contributed by atoms with Crippen molar-refractivity contribution in [3.05, 3.63) is 51.4 Å². The van der Waals surface area contributed by atoms with Crippen molar-refractivity contribution in [2.45, 2.75) is 12.4 Å². The van der Waals surface area contributed by atoms with Crippen LogP contribution in [0.5, 0.6) is 0 Å². The minimum absolute atomic E-state index is 0.00738. The monoisotopic (exact) mass is 457 g/mol. The fourth-order valence-corrected chi connectivity index (χ4v) is 2.79. The quantitative estimate of drug-likeness (QED) is 0.379. The number of benzene rings is 1. The van der Waals surface area contributed by atoms with Gasteiger partial charge in [0.05, 0.1) is 16.8 Å². The minimum Gasteiger partial charge on any atom is -0.215 e. The molecule has 0 aliphatic rings. The first-order chi connectivity index (χ1) is 11.1. The second-order valence-electron chi connectivity index (χ2n) is 4.85. The van der Waals surface area contributed by atoms with Gasteiger partial charge in [0.25, 0.3) is 0 Å². The molecule has 0 N–H and O–H groups in total. The van der Waals surface area contributed by atoms with E-state index in [9.17, 15) is 26.3 Å². The van der Waals surface area contributed by atoms with Gasteiger partial charge in [-0.05, 0) is 52.9 Å². The summed E-state index contributed by atoms with van der Waals surface area (Å²) in [5.74, 6) is 0. The summed E-state index contributed by atoms with van der Waals surface area (Å²) >= 11 is 1.76. The first kappa shape index (κ1) is 17.0. The second kappa shape index (κ2) is 5.60. The molecule has 3 aromatic rings. The molecule has 0 aliphatic heterocycles. The Kier molecular flexibility index (Phi) is 3.97. The zero-order chi connectivity index (χ0) is 17.7. The fraction of sp³-hybridized carbons (Fsp3) is 0.143. The van der Waals surface area contributed by atoms with Crippen LogP contribution < -0.4 is 0 Å². The molecule has 2 aromatic heterocycles. The third-order valence-corrected chi connectivity index (χ3v) is 4.22. The standard InChI is InChI=1S/C14H6F6IN3/c15-13(16,17)7-1-2-10(21)9(3-7)11-4-8(14(18,19)20)5-12-22-6-23-24(11)12/h1-6H. The summed E-state index contributed by atoms with van der Waals surface area (Å²) in [4.78, 5) is 3.71. The predicted molar refractivity (Wildman–Crippen MR) is 81.1 cm³/mol. The average Bonchev–Trinajstić information content (AvgIpc) is 2.93. The first-order valence-corrected chi connectivity index (χ1v) is 7.43. The van der Waals surface area contributed by atoms with E-state index in [4.69, 9.17) is 0 Å². The van der Waals surface area contributed by atoms with Gasteiger partial charge < -0.3 is 0 Å². The number of hydrogen-bond acceptors (Lipinski definition) is 2. The van der Waals surface area contributed by atoms with Crippen LogP contribution in [-0.4, -0.2) is 14.6 Å². The van der Waals surface area contributed by atoms with Crippen LogP contribution in [-0.2, 0) is 12.4 Å². The average molecular weight is 457 g/mol. The number of rotatable bonds is 1. The molecule has 1 aromatic carbocycles. The predicted octanol–water partition coefficient (Wildman–Crippen LogP) is 5.04. The van der Waals surface area contributed by atoms with Crippen molar-refractivity contribution in [3.63, 3.8) is 0 Å². The second-order valence-corrected chi connectivity index (χ2v) is 6.01. The normalized spacial score (nSPS) is 12.8. The number of hydrogen-bond donors (Lipinski definition) is 0. The van der Waals surface area contributed by atoms with E-state index in [-0.39, 0.29) is 16.9 Å². The van der Waals surface area contributed by atoms with Crippen LogP contribution in [0.2, 0.25) is 0 Å². The highest BCUT2D eigenvalue weighted by Gasteiger charge is 2.34. The van der Waals surface area contributed by atoms with Gasteiger partial charge in [-0.3, -0.25) is 0 Å². The maximum absolute atomic E-state index is 13.0. The third-order valence-electron chi connectivity index (χ3n) is 3.28. The molecular formula is C14H6F6IN3. The molecule has 0 saturated heterocycles. The summed E-state index contributed by atoms with van der Waals surface area (Å²) < 4.78 is 79.3. The molecule has 0 atom stereocenters. The van der Waals surface area contributed by atoms with E-state index in [1.807, 2.05) is 0 Å². The molecule has 3 nitrogen and oxygen atoms in total. The van der Waals surface area contributed by atoms with Crippen LogP contribution in [0.3, 0.4) is 0 Å². The Morgan fingerprint density at radius 2 is 1.54 bits per heavy atom. The Hall–Kier alpha value is -1.85. The summed E-state index contributed by atoms with van der Waals surface area (Å²) in [5.41, 5.74) is -2.19. The molecule has 3 rings (SSSR count). The van der Waals surface area contributed by atoms with Crippen molar-refractivity contribution >= 4 is 28.2 Å². The molecule has 0 spiro atoms. The largest absolute Gasteiger partial charge is 0.416 e. The van der Waals surface area contributed by atoms with Crippen molar-refractivity contribution in [2.75, 3.05) is 0 Å². The molecule has 0 fully saturated rings. The molecule has 0 aliphatic carbocycles. The molecule has 24 heavy (non-hydrogen) atoms. The summed E-state index contributed by atoms with van der Waals surface area (Å²) in [7, 11) is 0. The van der Waals surface area contributed by atoms with E-state index < -0.39 is 23.5 Å². The van der Waals surface area contributed by atoms with E-state index in [1.165, 1.54) is 6.07 Å². The lowest BCUT2D eigenvalue weighted by Crippen LogP contribution is -2.09. The maximum Gasteiger partial charge on any atom is 0.416 e. The molecule has 10 heteroatoms. The molecule has 2 heterocycles. The lowest BCUT2D eigenvalue weighted by Gasteiger charge is -2.14. The van der Waals surface area contributed by atoms with E-state index >= 15 is 0 Å². The summed E-state index contributed by atoms with van der Waals surface area (Å²) in [5, 5.41) is 3.80. The summed E-state index contributed by atoms with van der Waals surface area (Å²) in [6.07, 6.45) is -8.23. The van der Waals surface area contributed by atoms with Crippen molar-refractivity contribution < 1.29 is 26.3 Å². The summed E-state index contributed by atoms with van der Waals surface area (Å²) in [6, 6.07) is 4.42. The van der Waals surface area contributed by atoms with Crippen LogP contribution in [0.4, 0.5) is 26.3 Å². The van der Waals surface area contributed by atoms with Crippen LogP contribution in [0.1, 0.15) is 11.1 Å². The topological polar surface area (TPSA) is 30.2 Å². The van der Waals surface area contributed by atoms with Gasteiger partial charge in [0, 0.05) is 9.13 Å². The molecule has 0 bridgehead atoms. The van der Waals surface area contributed by atoms with Gasteiger partial charge in [0.1, 0.15) is 6.33 Å². The Balaban J connectivity index is 2.32. The zero-order valence-electron chi connectivity index (χ0n) is 11.5. The van der Waals surface area contributed by atoms with Gasteiger partial charge in [-0.25, -0.2) is 9.50 Å². The molecule has 0 unspecified atom stereocenters. The highest BCUT2D eigenvalue weighted by atomic mass is 127. The minimum atomic E-state index is -4.66. The Bertz CT molecular complexity index is 913. The van der Waals surface area contributed by atoms with Gasteiger partial charge in [-0.1, -0.05) is 0 Å². The van der Waals surface area contributed by atoms with E-state index in [0.717, 1.165) is 35.1 Å². The maximum atomic E-state index is 13.0. The van der Waals surface area contributed by atoms with Gasteiger partial charge in [0.15, 0.2) is 5.65 Å². The van der Waals surface area contributed by atoms with Crippen molar-refractivity contribution in [3.8, 4) is 11.3 Å². The van der Waals surface area contributed by atoms with Crippen molar-refractivity contribution in [1.29, 1.82) is 0 Å². The first-order valence-electron chi connectivity index (χ1n) is 6.35. The van der Waals surface area contributed by atoms with Crippen LogP contribution >= 0.6 is 22.6 Å². The molecule has 0 amide bonds. The van der Waals surface area contributed by atoms with Crippen LogP contribution in [0.15, 0.2) is 36.7 Å². The zero-order valence-corrected chi connectivity index (χ0v) is 13.6. The van der Waals surface area contributed by atoms with Gasteiger partial charge in [-0.2, -0.15) is 31.4 Å². The Morgan fingerprint density at radius 1 is 0.875 bits per heavy atom. The van der Waals surface area contributed by atoms with E-state index in [0.29, 0.717) is 3.57 Å². The van der Waals surface area contributed by atoms with Gasteiger partial charge in [0.2, 0.25) is 0 Å². The van der Waals surface area contributed by atoms with Crippen molar-refractivity contribution in [2.24, 2.45) is 0 Å². The smallest absolute Gasteiger partial charge is 0.215 e. The third kappa shape index (κ3) is 3.06. The number of nitrogens with zero attached hydrogens (tertiary/aromatic N) is 3. The summed E-state index contributed by atoms with van der Waals surface area (Å²) in [6.45, 7) is 0. The number of aromatic nitrogens is 3. The van der Waals surface area contributed by atoms with Crippen LogP contribution in [0, 0.1) is 3.57 Å². The van der Waals surface area contributed by atoms with Crippen molar-refractivity contribution in [1.82, 2.24) is 14.6 Å². The van der Waals surface area contributed by atoms with Crippen LogP contribution in [0.25, 0.3) is 16.9 Å². The lowest BCUT2D eigenvalue weighted by molar-refractivity contribution is -0.138. The number of pyridine rings is 1. The van der Waals surface area contributed by atoms with E-state index in [1.54, 1.807) is 22.6 Å². The molecule has 0 radical (unpaired) electrons. The molecule has 0 saturated carbocycles. The Labute approximate surface area is 144 Å². The molecular weight excluding hydrogens is 451 g/mol. The van der Waals surface area contributed by atoms with Gasteiger partial charge in [-0.15, -0.1) is 0 Å². The SMILES string of the molecule is FC(F)(F)c1ccc(I)c(-c2cc(C(F)(F)F)cc3ncnn23)c1. The molecule has 126 valence electrons. The van der Waals surface area contributed by atoms with Gasteiger partial charge >= 0.3 is 12.4 Å². The highest BCUT2D eigenvalue weighted by molar-refractivity contribution is 14.1. The highest BCUT2D eigenvalue weighted by Crippen LogP contribution is 2.37. The number of halogens is 7.